The van der Waals surface area contributed by atoms with Crippen LogP contribution in [0.2, 0.25) is 29.1 Å². The Hall–Kier alpha value is -9.46. The highest BCUT2D eigenvalue weighted by atomic mass is 32.1. The molecule has 7 fully saturated rings. The lowest BCUT2D eigenvalue weighted by molar-refractivity contribution is -0.161. The summed E-state index contributed by atoms with van der Waals surface area (Å²) in [7, 11) is -7.25. The van der Waals surface area contributed by atoms with Gasteiger partial charge >= 0.3 is 61.8 Å². The van der Waals surface area contributed by atoms with Gasteiger partial charge in [0.25, 0.3) is 5.91 Å². The third-order valence-corrected chi connectivity index (χ3v) is 25.7. The minimum Gasteiger partial charge on any atom is -0.480 e. The fraction of sp³-hybridized carbons (Fsp3) is 0.615. The number of carbonyl (C=O) groups excluding carboxylic acids is 13. The Kier molecular flexibility index (Phi) is 56.8. The minimum absolute atomic E-state index is 0.00406. The molecule has 1 aromatic heterocycles. The van der Waals surface area contributed by atoms with Gasteiger partial charge in [0, 0.05) is 179 Å². The van der Waals surface area contributed by atoms with E-state index >= 15 is 0 Å². The number of amides is 2. The first-order valence-corrected chi connectivity index (χ1v) is 50.2. The van der Waals surface area contributed by atoms with Crippen molar-refractivity contribution in [2.75, 3.05) is 12.3 Å². The van der Waals surface area contributed by atoms with Gasteiger partial charge in [-0.2, -0.15) is 0 Å². The summed E-state index contributed by atoms with van der Waals surface area (Å²) >= 11 is 1.10. The number of hydrogen-bond donors (Lipinski definition) is 16. The van der Waals surface area contributed by atoms with E-state index in [0.29, 0.717) is 121 Å². The number of nitrogens with two attached hydrogens (primary N) is 4. The van der Waals surface area contributed by atoms with Crippen molar-refractivity contribution in [2.45, 2.75) is 369 Å². The molecule has 794 valence electrons. The first kappa shape index (κ1) is 126. The molecule has 0 spiro atoms. The fourth-order valence-electron chi connectivity index (χ4n) is 17.0. The zero-order valence-electron chi connectivity index (χ0n) is 84.5. The number of aromatic nitrogens is 1. The number of Topliss-reactive ketones (excluding diaryl/α,β-unsaturated/α-hetero) is 11. The van der Waals surface area contributed by atoms with Gasteiger partial charge in [-0.1, -0.05) is 84.0 Å². The van der Waals surface area contributed by atoms with Crippen LogP contribution < -0.4 is 33.6 Å². The second-order valence-electron chi connectivity index (χ2n) is 38.6. The number of hydrogen-bond acceptors (Lipinski definition) is 38. The van der Waals surface area contributed by atoms with E-state index in [4.69, 9.17) is 70.6 Å². The molecular weight excluding hydrogens is 1900 g/mol. The number of benzene rings is 3. The number of carbonyl (C=O) groups is 15. The molecule has 8 heterocycles. The van der Waals surface area contributed by atoms with Crippen molar-refractivity contribution in [1.29, 1.82) is 0 Å². The number of nitrogens with one attached hydrogen (secondary N) is 2. The lowest BCUT2D eigenvalue weighted by Gasteiger charge is -2.32. The van der Waals surface area contributed by atoms with E-state index in [0.717, 1.165) is 48.1 Å². The molecule has 0 bridgehead atoms. The molecule has 3 aromatic carbocycles. The lowest BCUT2D eigenvalue weighted by atomic mass is 9.64. The number of aryl methyl sites for hydroxylation is 1. The molecule has 49 heteroatoms. The van der Waals surface area contributed by atoms with Gasteiger partial charge < -0.3 is 121 Å². The van der Waals surface area contributed by atoms with E-state index in [9.17, 15) is 112 Å². The molecule has 7 aliphatic heterocycles. The van der Waals surface area contributed by atoms with Crippen molar-refractivity contribution in [2.24, 2.45) is 22.4 Å². The fourth-order valence-corrected chi connectivity index (χ4v) is 17.5. The normalized spacial score (nSPS) is 23.2. The summed E-state index contributed by atoms with van der Waals surface area (Å²) in [5.41, 5.74) is 23.0. The Morgan fingerprint density at radius 3 is 1.18 bits per heavy atom. The molecule has 7 saturated heterocycles. The van der Waals surface area contributed by atoms with Crippen molar-refractivity contribution >= 4 is 159 Å². The van der Waals surface area contributed by atoms with Crippen molar-refractivity contribution in [3.63, 3.8) is 0 Å². The van der Waals surface area contributed by atoms with Crippen molar-refractivity contribution in [3.05, 3.63) is 119 Å². The summed E-state index contributed by atoms with van der Waals surface area (Å²) in [5, 5.41) is 107. The highest BCUT2D eigenvalue weighted by molar-refractivity contribution is 7.13. The molecule has 20 N–H and O–H groups in total. The first-order chi connectivity index (χ1) is 68.4. The zero-order valence-corrected chi connectivity index (χ0v) is 85.3. The summed E-state index contributed by atoms with van der Waals surface area (Å²) < 4.78 is 37.6. The molecule has 0 radical (unpaired) electrons. The van der Waals surface area contributed by atoms with Crippen LogP contribution in [0.1, 0.15) is 289 Å². The first-order valence-electron chi connectivity index (χ1n) is 49.4. The maximum absolute atomic E-state index is 12.9. The molecule has 2 amide bonds. The standard InChI is InChI=1S/C17H24BN3O7S.C17H23BO4.C16H22BNO4.C14H18BNO4.C13H22BNO6.C10H19BN2O4.C9H17BO4/c1-9(22)6-11-5-4-10(18(26)27-11)7-13(23)14(12-8-29-16(19)20-12)21-28-17(2,3)15(24)25;1-13(19)11-17-10-8-15(18(21)22-17)12-16(20)9-7-14-5-3-2-4-6-14;1-11(19)9-14-8-7-13(17(21)22-14)10-15(20)16(18)12-5-3-2-4-6-12;1-10(17)9-12-7-8-13(15(19)20-12)16-14(18)11-5-3-2-4-6-11;1-8(16)6-11-4-2-9(14(20)21-11)7-10(17)3-5-12(15)13(18)19;1-7(14)6-8-2-3-9(11(16)17-8)13-10(15)4-5-12;1-6(11)5-8-3-4-9(7(2)12)10(13)14-8/h8,10-11,26H,4-7H2,1-3H3,(H2,19,20)(H,24,25);2-6,15,17,21H,7-12H2,1H3;2-6,13-14,16,21H,7-10,18H2,1H3;2-6,12-13,19H,7-9H2,1H3,(H,16,18);9,11-12,20H,2-7,15H2,1H3,(H,18,19);8-9,16H,2-6,12H2,1H3,(H,13,15);7-9,12-13H,3-5H2,1-2H3/b21-14-;;;;;;/t10-,11+;15-,17+;13-,14+,16+;12-,13-;9-,11+,12+;8-,9-;7-,8+,9+/m1110101/s1. The minimum atomic E-state index is -1.65. The number of rotatable bonds is 42. The number of thiazole rings is 1. The monoisotopic (exact) mass is 2050 g/mol. The third kappa shape index (κ3) is 49.0. The largest absolute Gasteiger partial charge is 0.480 e. The lowest BCUT2D eigenvalue weighted by Crippen LogP contribution is -2.53. The van der Waals surface area contributed by atoms with Gasteiger partial charge in [-0.3, -0.25) is 67.1 Å². The molecule has 4 aromatic rings. The average Bonchev–Trinajstić information content (AvgIpc) is 1.78. The van der Waals surface area contributed by atoms with Gasteiger partial charge in [-0.25, -0.2) is 9.78 Å². The SMILES string of the molecule is CC(=O)C[C@@H]1CC[C@@H]([C@@H](C)O)B(O)O1.CC(=O)C[C@@H]1CC[C@H](CC(=O)/C(=N\OC(C)(C)C(=O)O)c2csc(N)n2)B(O)O1.CC(=O)C[C@@H]1CC[C@H](CC(=O)CC[C@H](N)C(=O)O)B(O)O1.CC(=O)C[C@@H]1CC[C@H](CC(=O)CCc2ccccc2)B(O)O1.CC(=O)C[C@@H]1CC[C@H](CC(=O)[C@@H](N)c2ccccc2)B(O)O1.CC(=O)C[C@@H]1CC[C@H](NC(=O)CCN)B(O)O1.CC(=O)C[C@@H]1CC[C@H](NC(=O)c2ccccc2)B(O)O1. The van der Waals surface area contributed by atoms with E-state index in [2.05, 4.69) is 20.8 Å². The predicted octanol–water partition coefficient (Wildman–Crippen LogP) is 6.00. The number of ketones is 11. The summed E-state index contributed by atoms with van der Waals surface area (Å²) in [6.45, 7) is 15.0. The Balaban J connectivity index is 0.000000300. The number of oxime groups is 1. The highest BCUT2D eigenvalue weighted by Crippen LogP contribution is 2.38. The number of aliphatic hydroxyl groups excluding tert-OH is 1. The third-order valence-electron chi connectivity index (χ3n) is 25.0. The van der Waals surface area contributed by atoms with Crippen molar-refractivity contribution in [1.82, 2.24) is 15.6 Å². The van der Waals surface area contributed by atoms with E-state index < -0.39 is 109 Å². The van der Waals surface area contributed by atoms with Gasteiger partial charge in [-0.15, -0.1) is 11.3 Å². The van der Waals surface area contributed by atoms with Crippen LogP contribution >= 0.6 is 11.3 Å². The number of nitrogens with zero attached hydrogens (tertiary/aromatic N) is 2. The molecule has 145 heavy (non-hydrogen) atoms. The average molecular weight is 2050 g/mol. The van der Waals surface area contributed by atoms with Crippen LogP contribution in [0.4, 0.5) is 5.13 Å². The summed E-state index contributed by atoms with van der Waals surface area (Å²) in [6.07, 6.45) is 10.9. The quantitative estimate of drug-likeness (QED) is 0.0137. The molecular formula is C96H145B7N8O33S. The van der Waals surface area contributed by atoms with Crippen LogP contribution in [0.15, 0.2) is 102 Å². The Labute approximate surface area is 853 Å². The van der Waals surface area contributed by atoms with Crippen LogP contribution in [0, 0.1) is 0 Å². The van der Waals surface area contributed by atoms with Crippen LogP contribution in [0.3, 0.4) is 0 Å². The second-order valence-corrected chi connectivity index (χ2v) is 39.5. The number of aliphatic hydroxyl groups is 1. The van der Waals surface area contributed by atoms with Crippen LogP contribution in [0.5, 0.6) is 0 Å². The van der Waals surface area contributed by atoms with Crippen molar-refractivity contribution in [3.8, 4) is 0 Å². The maximum Gasteiger partial charge on any atom is 0.478 e. The predicted molar refractivity (Wildman–Crippen MR) is 543 cm³/mol. The Bertz CT molecular complexity index is 4820. The smallest absolute Gasteiger partial charge is 0.478 e. The van der Waals surface area contributed by atoms with Crippen LogP contribution in [0.25, 0.3) is 0 Å². The maximum atomic E-state index is 12.9. The number of nitrogen functional groups attached to an aromatic ring is 1. The number of aliphatic carboxylic acids is 2. The van der Waals surface area contributed by atoms with E-state index in [1.165, 1.54) is 67.7 Å². The van der Waals surface area contributed by atoms with E-state index in [1.54, 1.807) is 31.2 Å². The van der Waals surface area contributed by atoms with Gasteiger partial charge in [-0.05, 0) is 195 Å². The van der Waals surface area contributed by atoms with E-state index in [1.807, 2.05) is 66.7 Å². The molecule has 0 aliphatic carbocycles. The number of anilines is 1. The summed E-state index contributed by atoms with van der Waals surface area (Å²) in [5.74, 6) is -5.45. The molecule has 0 unspecified atom stereocenters. The van der Waals surface area contributed by atoms with Gasteiger partial charge in [0.15, 0.2) is 22.4 Å². The number of carboxylic acid groups (broad SMARTS) is 2. The van der Waals surface area contributed by atoms with Crippen LogP contribution in [-0.2, 0) is 111 Å². The van der Waals surface area contributed by atoms with Gasteiger partial charge in [0.05, 0.1) is 24.0 Å². The molecule has 17 atom stereocenters. The Morgan fingerprint density at radius 2 is 0.821 bits per heavy atom. The zero-order chi connectivity index (χ0) is 108. The highest BCUT2D eigenvalue weighted by Gasteiger charge is 2.45. The van der Waals surface area contributed by atoms with Gasteiger partial charge in [0.1, 0.15) is 63.8 Å². The topological polar surface area (TPSA) is 686 Å². The molecule has 7 aliphatic rings. The van der Waals surface area contributed by atoms with E-state index in [-0.39, 0.29) is 210 Å². The van der Waals surface area contributed by atoms with Crippen LogP contribution in [-0.4, -0.2) is 277 Å². The Morgan fingerprint density at radius 1 is 0.462 bits per heavy atom. The summed E-state index contributed by atoms with van der Waals surface area (Å²) in [4.78, 5) is 180. The number of carboxylic acids is 2. The van der Waals surface area contributed by atoms with Crippen molar-refractivity contribution < 1.29 is 160 Å². The van der Waals surface area contributed by atoms with Gasteiger partial charge in [0.2, 0.25) is 11.5 Å². The molecule has 11 rings (SSSR count). The second kappa shape index (κ2) is 65.4. The molecule has 0 saturated carbocycles. The molecule has 41 nitrogen and oxygen atoms in total. The summed E-state index contributed by atoms with van der Waals surface area (Å²) in [6, 6.07) is 26.2.